The second kappa shape index (κ2) is 18.9. The number of hydrogen-bond donors (Lipinski definition) is 10. The minimum absolute atomic E-state index is 0.0573. The van der Waals surface area contributed by atoms with Crippen molar-refractivity contribution >= 4 is 47.4 Å². The lowest BCUT2D eigenvalue weighted by molar-refractivity contribution is -0.142. The number of carbonyl (C=O) groups excluding carboxylic acids is 3. The fourth-order valence-electron chi connectivity index (χ4n) is 3.07. The molecule has 0 aliphatic rings. The third kappa shape index (κ3) is 15.1. The van der Waals surface area contributed by atoms with Crippen LogP contribution in [-0.2, 0) is 19.2 Å². The Bertz CT molecular complexity index is 833. The molecule has 0 saturated carbocycles. The van der Waals surface area contributed by atoms with Crippen LogP contribution in [0.4, 0.5) is 0 Å². The fourth-order valence-corrected chi connectivity index (χ4v) is 3.54. The molecule has 0 aromatic carbocycles. The zero-order chi connectivity index (χ0) is 29.3. The summed E-state index contributed by atoms with van der Waals surface area (Å²) < 4.78 is 0. The first-order valence-corrected chi connectivity index (χ1v) is 13.4. The number of carboxylic acids is 1. The van der Waals surface area contributed by atoms with Crippen molar-refractivity contribution in [3.8, 4) is 0 Å². The molecular weight excluding hydrogens is 520 g/mol. The number of nitrogens with two attached hydrogens (primary N) is 5. The first-order chi connectivity index (χ1) is 17.8. The van der Waals surface area contributed by atoms with E-state index in [1.807, 2.05) is 6.26 Å². The first-order valence-electron chi connectivity index (χ1n) is 12.0. The Balaban J connectivity index is 5.54. The van der Waals surface area contributed by atoms with Crippen molar-refractivity contribution in [1.82, 2.24) is 16.0 Å². The van der Waals surface area contributed by atoms with Crippen LogP contribution in [0.1, 0.15) is 39.0 Å². The lowest BCUT2D eigenvalue weighted by Gasteiger charge is -2.25. The number of amides is 3. The van der Waals surface area contributed by atoms with E-state index in [-0.39, 0.29) is 44.3 Å². The van der Waals surface area contributed by atoms with Gasteiger partial charge in [0, 0.05) is 13.1 Å². The second-order valence-corrected chi connectivity index (χ2v) is 9.45. The van der Waals surface area contributed by atoms with Crippen LogP contribution >= 0.6 is 11.8 Å². The van der Waals surface area contributed by atoms with Gasteiger partial charge < -0.3 is 54.8 Å². The Labute approximate surface area is 226 Å². The normalized spacial score (nSPS) is 14.6. The molecular formula is C21H42N10O6S. The Morgan fingerprint density at radius 3 is 1.63 bits per heavy atom. The van der Waals surface area contributed by atoms with E-state index in [2.05, 4.69) is 25.9 Å². The number of carbonyl (C=O) groups is 4. The topological polar surface area (TPSA) is 300 Å². The molecule has 15 N–H and O–H groups in total. The number of nitrogens with zero attached hydrogens (tertiary/aromatic N) is 2. The molecule has 17 heteroatoms. The summed E-state index contributed by atoms with van der Waals surface area (Å²) in [4.78, 5) is 57.8. The zero-order valence-corrected chi connectivity index (χ0v) is 22.6. The van der Waals surface area contributed by atoms with Crippen LogP contribution in [0.3, 0.4) is 0 Å². The highest BCUT2D eigenvalue weighted by Crippen LogP contribution is 2.07. The van der Waals surface area contributed by atoms with Crippen molar-refractivity contribution in [2.24, 2.45) is 38.7 Å². The smallest absolute Gasteiger partial charge is 0.326 e. The van der Waals surface area contributed by atoms with Gasteiger partial charge in [-0.3, -0.25) is 24.4 Å². The first kappa shape index (κ1) is 34.7. The maximum Gasteiger partial charge on any atom is 0.326 e. The Hall–Kier alpha value is -3.31. The SMILES string of the molecule is CSCCC(NC(=O)C(CCCN=C(N)N)NC(=O)C(N)C(C)O)C(=O)NC(CCCN=C(N)N)C(=O)O. The van der Waals surface area contributed by atoms with Crippen molar-refractivity contribution < 1.29 is 29.4 Å². The molecule has 0 fully saturated rings. The lowest BCUT2D eigenvalue weighted by atomic mass is 10.1. The van der Waals surface area contributed by atoms with Crippen molar-refractivity contribution in [3.05, 3.63) is 0 Å². The van der Waals surface area contributed by atoms with Gasteiger partial charge in [0.15, 0.2) is 11.9 Å². The van der Waals surface area contributed by atoms with Crippen molar-refractivity contribution in [1.29, 1.82) is 0 Å². The largest absolute Gasteiger partial charge is 0.480 e. The van der Waals surface area contributed by atoms with E-state index in [0.717, 1.165) is 0 Å². The third-order valence-electron chi connectivity index (χ3n) is 5.20. The molecule has 0 aromatic heterocycles. The summed E-state index contributed by atoms with van der Waals surface area (Å²) >= 11 is 1.43. The molecule has 16 nitrogen and oxygen atoms in total. The van der Waals surface area contributed by atoms with E-state index in [1.54, 1.807) is 0 Å². The van der Waals surface area contributed by atoms with Gasteiger partial charge in [-0.25, -0.2) is 4.79 Å². The highest BCUT2D eigenvalue weighted by molar-refractivity contribution is 7.98. The van der Waals surface area contributed by atoms with Gasteiger partial charge in [-0.2, -0.15) is 11.8 Å². The van der Waals surface area contributed by atoms with E-state index in [1.165, 1.54) is 18.7 Å². The molecule has 0 bridgehead atoms. The monoisotopic (exact) mass is 562 g/mol. The standard InChI is InChI=1S/C21H42N10O6S/c1-11(32)15(22)18(35)30-12(5-3-8-27-20(23)24)16(33)29-13(7-10-38-2)17(34)31-14(19(36)37)6-4-9-28-21(25)26/h11-15,32H,3-10,22H2,1-2H3,(H,29,33)(H,30,35)(H,31,34)(H,36,37)(H4,23,24,27)(H4,25,26,28). The number of nitrogens with one attached hydrogen (secondary N) is 3. The van der Waals surface area contributed by atoms with Gasteiger partial charge in [-0.15, -0.1) is 0 Å². The predicted molar refractivity (Wildman–Crippen MR) is 146 cm³/mol. The minimum Gasteiger partial charge on any atom is -0.480 e. The molecule has 0 aliphatic heterocycles. The molecule has 38 heavy (non-hydrogen) atoms. The molecule has 0 radical (unpaired) electrons. The summed E-state index contributed by atoms with van der Waals surface area (Å²) in [6.45, 7) is 1.70. The number of hydrogen-bond acceptors (Lipinski definition) is 9. The molecule has 5 unspecified atom stereocenters. The summed E-state index contributed by atoms with van der Waals surface area (Å²) in [5.41, 5.74) is 26.8. The number of aliphatic carboxylic acids is 1. The summed E-state index contributed by atoms with van der Waals surface area (Å²) in [6, 6.07) is -4.73. The number of aliphatic hydroxyl groups is 1. The number of aliphatic imine (C=N–C) groups is 2. The van der Waals surface area contributed by atoms with E-state index >= 15 is 0 Å². The lowest BCUT2D eigenvalue weighted by Crippen LogP contribution is -2.58. The van der Waals surface area contributed by atoms with Crippen LogP contribution in [-0.4, -0.2) is 101 Å². The molecule has 0 saturated heterocycles. The fraction of sp³-hybridized carbons (Fsp3) is 0.714. The van der Waals surface area contributed by atoms with Crippen molar-refractivity contribution in [2.75, 3.05) is 25.1 Å². The van der Waals surface area contributed by atoms with Crippen LogP contribution in [0.2, 0.25) is 0 Å². The summed E-state index contributed by atoms with van der Waals surface area (Å²) in [7, 11) is 0. The van der Waals surface area contributed by atoms with Crippen molar-refractivity contribution in [2.45, 2.75) is 69.3 Å². The third-order valence-corrected chi connectivity index (χ3v) is 5.85. The van der Waals surface area contributed by atoms with Gasteiger partial charge in [-0.05, 0) is 51.0 Å². The molecule has 0 aliphatic carbocycles. The Morgan fingerprint density at radius 2 is 1.21 bits per heavy atom. The summed E-state index contributed by atoms with van der Waals surface area (Å²) in [6.07, 6.45) is 1.59. The van der Waals surface area contributed by atoms with E-state index < -0.39 is 54.0 Å². The Kier molecular flexibility index (Phi) is 17.2. The van der Waals surface area contributed by atoms with E-state index in [9.17, 15) is 29.4 Å². The molecule has 0 spiro atoms. The summed E-state index contributed by atoms with van der Waals surface area (Å²) in [5, 5.41) is 26.6. The second-order valence-electron chi connectivity index (χ2n) is 8.47. The maximum absolute atomic E-state index is 13.1. The summed E-state index contributed by atoms with van der Waals surface area (Å²) in [5.74, 6) is -3.19. The number of carboxylic acid groups (broad SMARTS) is 1. The van der Waals surface area contributed by atoms with E-state index in [4.69, 9.17) is 28.7 Å². The maximum atomic E-state index is 13.1. The van der Waals surface area contributed by atoms with E-state index in [0.29, 0.717) is 18.6 Å². The van der Waals surface area contributed by atoms with Gasteiger partial charge in [-0.1, -0.05) is 0 Å². The van der Waals surface area contributed by atoms with Gasteiger partial charge in [0.1, 0.15) is 24.2 Å². The Morgan fingerprint density at radius 1 is 0.789 bits per heavy atom. The molecule has 3 amide bonds. The average Bonchev–Trinajstić information content (AvgIpc) is 2.83. The molecule has 0 rings (SSSR count). The highest BCUT2D eigenvalue weighted by Gasteiger charge is 2.30. The van der Waals surface area contributed by atoms with Crippen LogP contribution < -0.4 is 44.6 Å². The predicted octanol–water partition coefficient (Wildman–Crippen LogP) is -3.91. The van der Waals surface area contributed by atoms with Crippen LogP contribution in [0.5, 0.6) is 0 Å². The molecule has 5 atom stereocenters. The number of guanidine groups is 2. The van der Waals surface area contributed by atoms with Crippen LogP contribution in [0.25, 0.3) is 0 Å². The average molecular weight is 563 g/mol. The van der Waals surface area contributed by atoms with Gasteiger partial charge in [0.2, 0.25) is 17.7 Å². The van der Waals surface area contributed by atoms with Crippen molar-refractivity contribution in [3.63, 3.8) is 0 Å². The van der Waals surface area contributed by atoms with Gasteiger partial charge in [0.05, 0.1) is 6.10 Å². The van der Waals surface area contributed by atoms with Crippen LogP contribution in [0, 0.1) is 0 Å². The molecule has 0 aromatic rings. The number of rotatable bonds is 19. The quantitative estimate of drug-likeness (QED) is 0.0410. The van der Waals surface area contributed by atoms with Gasteiger partial charge in [0.25, 0.3) is 0 Å². The number of thioether (sulfide) groups is 1. The zero-order valence-electron chi connectivity index (χ0n) is 21.8. The molecule has 0 heterocycles. The van der Waals surface area contributed by atoms with Gasteiger partial charge >= 0.3 is 5.97 Å². The molecule has 218 valence electrons. The highest BCUT2D eigenvalue weighted by atomic mass is 32.2. The minimum atomic E-state index is -1.28. The van der Waals surface area contributed by atoms with Crippen LogP contribution in [0.15, 0.2) is 9.98 Å². The number of aliphatic hydroxyl groups excluding tert-OH is 1.